The van der Waals surface area contributed by atoms with E-state index < -0.39 is 0 Å². The number of rotatable bonds is 2. The highest BCUT2D eigenvalue weighted by Gasteiger charge is 2.44. The minimum atomic E-state index is 0.571. The molecule has 2 heteroatoms. The third kappa shape index (κ3) is 2.90. The lowest BCUT2D eigenvalue weighted by Crippen LogP contribution is -2.56. The number of hydrogen-bond donors (Lipinski definition) is 0. The second-order valence-electron chi connectivity index (χ2n) is 6.55. The molecule has 1 saturated carbocycles. The third-order valence-corrected chi connectivity index (χ3v) is 5.67. The lowest BCUT2D eigenvalue weighted by Gasteiger charge is -2.53. The van der Waals surface area contributed by atoms with Crippen LogP contribution < -0.4 is 0 Å². The first-order valence-electron chi connectivity index (χ1n) is 7.68. The summed E-state index contributed by atoms with van der Waals surface area (Å²) in [6.07, 6.45) is 8.78. The standard InChI is InChI=1S/C17H24BrN/c1-14(15-6-8-16(18)9-7-15)19-12-17(13-19)10-4-2-3-5-11-17/h6-9,14H,2-5,10-13H2,1H3. The van der Waals surface area contributed by atoms with E-state index in [0.717, 1.165) is 0 Å². The van der Waals surface area contributed by atoms with Crippen molar-refractivity contribution in [2.75, 3.05) is 13.1 Å². The van der Waals surface area contributed by atoms with E-state index in [4.69, 9.17) is 0 Å². The largest absolute Gasteiger partial charge is 0.295 e. The van der Waals surface area contributed by atoms with Gasteiger partial charge in [0, 0.05) is 23.6 Å². The van der Waals surface area contributed by atoms with Crippen molar-refractivity contribution in [3.05, 3.63) is 34.3 Å². The molecule has 1 saturated heterocycles. The lowest BCUT2D eigenvalue weighted by molar-refractivity contribution is -0.0380. The van der Waals surface area contributed by atoms with Gasteiger partial charge < -0.3 is 0 Å². The van der Waals surface area contributed by atoms with Gasteiger partial charge in [0.25, 0.3) is 0 Å². The molecule has 1 atom stereocenters. The Morgan fingerprint density at radius 2 is 1.58 bits per heavy atom. The molecule has 1 aliphatic carbocycles. The van der Waals surface area contributed by atoms with Gasteiger partial charge >= 0.3 is 0 Å². The van der Waals surface area contributed by atoms with E-state index in [-0.39, 0.29) is 0 Å². The quantitative estimate of drug-likeness (QED) is 0.726. The zero-order valence-electron chi connectivity index (χ0n) is 11.9. The van der Waals surface area contributed by atoms with E-state index in [1.54, 1.807) is 0 Å². The molecule has 0 bridgehead atoms. The average molecular weight is 322 g/mol. The highest BCUT2D eigenvalue weighted by molar-refractivity contribution is 9.10. The Bertz CT molecular complexity index is 409. The Hall–Kier alpha value is -0.340. The van der Waals surface area contributed by atoms with E-state index in [1.165, 1.54) is 61.7 Å². The molecule has 2 fully saturated rings. The van der Waals surface area contributed by atoms with Gasteiger partial charge in [-0.05, 0) is 42.9 Å². The summed E-state index contributed by atoms with van der Waals surface area (Å²) in [5, 5.41) is 0. The first-order chi connectivity index (χ1) is 9.19. The Morgan fingerprint density at radius 3 is 2.16 bits per heavy atom. The smallest absolute Gasteiger partial charge is 0.0320 e. The Labute approximate surface area is 125 Å². The van der Waals surface area contributed by atoms with Gasteiger partial charge in [0.2, 0.25) is 0 Å². The molecule has 0 aromatic heterocycles. The second kappa shape index (κ2) is 5.57. The van der Waals surface area contributed by atoms with E-state index in [1.807, 2.05) is 0 Å². The molecule has 1 spiro atoms. The van der Waals surface area contributed by atoms with Gasteiger partial charge in [-0.25, -0.2) is 0 Å². The van der Waals surface area contributed by atoms with Crippen LogP contribution >= 0.6 is 15.9 Å². The third-order valence-electron chi connectivity index (χ3n) is 5.14. The number of benzene rings is 1. The first-order valence-corrected chi connectivity index (χ1v) is 8.47. The van der Waals surface area contributed by atoms with Crippen LogP contribution in [0.2, 0.25) is 0 Å². The van der Waals surface area contributed by atoms with Crippen LogP contribution in [-0.4, -0.2) is 18.0 Å². The molecule has 104 valence electrons. The van der Waals surface area contributed by atoms with E-state index in [0.29, 0.717) is 11.5 Å². The van der Waals surface area contributed by atoms with Crippen molar-refractivity contribution < 1.29 is 0 Å². The SMILES string of the molecule is CC(c1ccc(Br)cc1)N1CC2(CCCCCC2)C1. The van der Waals surface area contributed by atoms with Gasteiger partial charge in [0.05, 0.1) is 0 Å². The predicted molar refractivity (Wildman–Crippen MR) is 84.3 cm³/mol. The Morgan fingerprint density at radius 1 is 1.00 bits per heavy atom. The zero-order valence-corrected chi connectivity index (χ0v) is 13.5. The summed E-state index contributed by atoms with van der Waals surface area (Å²) in [6.45, 7) is 5.00. The van der Waals surface area contributed by atoms with Crippen LogP contribution in [0.1, 0.15) is 57.1 Å². The fourth-order valence-electron chi connectivity index (χ4n) is 3.84. The van der Waals surface area contributed by atoms with Crippen LogP contribution in [0.4, 0.5) is 0 Å². The molecule has 1 heterocycles. The fourth-order valence-corrected chi connectivity index (χ4v) is 4.10. The van der Waals surface area contributed by atoms with E-state index >= 15 is 0 Å². The van der Waals surface area contributed by atoms with Crippen LogP contribution in [0.15, 0.2) is 28.7 Å². The van der Waals surface area contributed by atoms with E-state index in [9.17, 15) is 0 Å². The average Bonchev–Trinajstić information content (AvgIpc) is 2.63. The summed E-state index contributed by atoms with van der Waals surface area (Å²) in [5.41, 5.74) is 2.13. The van der Waals surface area contributed by atoms with Crippen molar-refractivity contribution in [3.63, 3.8) is 0 Å². The normalized spacial score (nSPS) is 24.7. The number of halogens is 1. The van der Waals surface area contributed by atoms with Crippen LogP contribution in [0, 0.1) is 5.41 Å². The molecule has 1 aromatic carbocycles. The molecular formula is C17H24BrN. The molecule has 0 radical (unpaired) electrons. The molecule has 0 amide bonds. The molecule has 1 aliphatic heterocycles. The summed E-state index contributed by atoms with van der Waals surface area (Å²) in [7, 11) is 0. The second-order valence-corrected chi connectivity index (χ2v) is 7.46. The summed E-state index contributed by atoms with van der Waals surface area (Å²) in [4.78, 5) is 2.66. The number of nitrogens with zero attached hydrogens (tertiary/aromatic N) is 1. The van der Waals surface area contributed by atoms with Crippen molar-refractivity contribution in [2.24, 2.45) is 5.41 Å². The highest BCUT2D eigenvalue weighted by atomic mass is 79.9. The molecule has 3 rings (SSSR count). The van der Waals surface area contributed by atoms with Gasteiger partial charge in [-0.3, -0.25) is 4.90 Å². The molecule has 2 aliphatic rings. The van der Waals surface area contributed by atoms with Gasteiger partial charge in [0.1, 0.15) is 0 Å². The molecule has 19 heavy (non-hydrogen) atoms. The minimum Gasteiger partial charge on any atom is -0.295 e. The van der Waals surface area contributed by atoms with Crippen LogP contribution in [0.25, 0.3) is 0 Å². The van der Waals surface area contributed by atoms with Crippen molar-refractivity contribution in [1.82, 2.24) is 4.90 Å². The van der Waals surface area contributed by atoms with Gasteiger partial charge in [0.15, 0.2) is 0 Å². The minimum absolute atomic E-state index is 0.571. The fraction of sp³-hybridized carbons (Fsp3) is 0.647. The van der Waals surface area contributed by atoms with Gasteiger partial charge in [-0.15, -0.1) is 0 Å². The lowest BCUT2D eigenvalue weighted by atomic mass is 9.72. The van der Waals surface area contributed by atoms with Gasteiger partial charge in [-0.2, -0.15) is 0 Å². The monoisotopic (exact) mass is 321 g/mol. The predicted octanol–water partition coefficient (Wildman–Crippen LogP) is 5.17. The summed E-state index contributed by atoms with van der Waals surface area (Å²) >= 11 is 3.52. The maximum atomic E-state index is 3.52. The topological polar surface area (TPSA) is 3.24 Å². The maximum absolute atomic E-state index is 3.52. The Balaban J connectivity index is 1.61. The van der Waals surface area contributed by atoms with Crippen molar-refractivity contribution in [1.29, 1.82) is 0 Å². The summed E-state index contributed by atoms with van der Waals surface area (Å²) in [6, 6.07) is 9.40. The van der Waals surface area contributed by atoms with Crippen molar-refractivity contribution >= 4 is 15.9 Å². The summed E-state index contributed by atoms with van der Waals surface area (Å²) < 4.78 is 1.17. The first kappa shape index (κ1) is 13.6. The van der Waals surface area contributed by atoms with Crippen LogP contribution in [0.5, 0.6) is 0 Å². The molecule has 1 aromatic rings. The van der Waals surface area contributed by atoms with Crippen LogP contribution in [-0.2, 0) is 0 Å². The number of hydrogen-bond acceptors (Lipinski definition) is 1. The maximum Gasteiger partial charge on any atom is 0.0320 e. The van der Waals surface area contributed by atoms with Crippen molar-refractivity contribution in [2.45, 2.75) is 51.5 Å². The van der Waals surface area contributed by atoms with Gasteiger partial charge in [-0.1, -0.05) is 53.7 Å². The van der Waals surface area contributed by atoms with Crippen LogP contribution in [0.3, 0.4) is 0 Å². The highest BCUT2D eigenvalue weighted by Crippen LogP contribution is 2.45. The summed E-state index contributed by atoms with van der Waals surface area (Å²) in [5.74, 6) is 0. The zero-order chi connectivity index (χ0) is 13.3. The van der Waals surface area contributed by atoms with E-state index in [2.05, 4.69) is 52.0 Å². The number of likely N-dealkylation sites (tertiary alicyclic amines) is 1. The molecule has 0 N–H and O–H groups in total. The molecule has 1 nitrogen and oxygen atoms in total. The molecule has 1 unspecified atom stereocenters. The Kier molecular flexibility index (Phi) is 4.00. The molecular weight excluding hydrogens is 298 g/mol. The van der Waals surface area contributed by atoms with Crippen molar-refractivity contribution in [3.8, 4) is 0 Å².